The van der Waals surface area contributed by atoms with Gasteiger partial charge in [-0.25, -0.2) is 0 Å². The Hall–Kier alpha value is -2.48. The first kappa shape index (κ1) is 13.9. The van der Waals surface area contributed by atoms with Crippen LogP contribution in [0.4, 0.5) is 0 Å². The maximum atomic E-state index is 10.4. The molecular formula is C18H18O2. The zero-order valence-corrected chi connectivity index (χ0v) is 11.3. The van der Waals surface area contributed by atoms with Gasteiger partial charge in [-0.05, 0) is 47.7 Å². The SMILES string of the molecule is C=CCc1cc(CC=C)c(O)c(-c2ccc(O)cc2)c1. The van der Waals surface area contributed by atoms with Gasteiger partial charge in [0.25, 0.3) is 0 Å². The molecule has 0 radical (unpaired) electrons. The highest BCUT2D eigenvalue weighted by atomic mass is 16.3. The smallest absolute Gasteiger partial charge is 0.126 e. The quantitative estimate of drug-likeness (QED) is 0.795. The number of allylic oxidation sites excluding steroid dienone is 2. The third kappa shape index (κ3) is 2.91. The minimum Gasteiger partial charge on any atom is -0.508 e. The second-order valence-electron chi connectivity index (χ2n) is 4.68. The Labute approximate surface area is 119 Å². The summed E-state index contributed by atoms with van der Waals surface area (Å²) in [6.07, 6.45) is 4.97. The zero-order valence-electron chi connectivity index (χ0n) is 11.3. The molecule has 2 aromatic rings. The summed E-state index contributed by atoms with van der Waals surface area (Å²) in [5.74, 6) is 0.477. The number of phenolic OH excluding ortho intramolecular Hbond substituents is 2. The summed E-state index contributed by atoms with van der Waals surface area (Å²) in [5.41, 5.74) is 3.58. The van der Waals surface area contributed by atoms with Crippen molar-refractivity contribution >= 4 is 0 Å². The van der Waals surface area contributed by atoms with Crippen LogP contribution in [0.3, 0.4) is 0 Å². The van der Waals surface area contributed by atoms with Gasteiger partial charge in [-0.1, -0.05) is 30.4 Å². The van der Waals surface area contributed by atoms with E-state index in [4.69, 9.17) is 0 Å². The van der Waals surface area contributed by atoms with E-state index in [1.165, 1.54) is 0 Å². The molecule has 0 atom stereocenters. The van der Waals surface area contributed by atoms with Crippen LogP contribution < -0.4 is 0 Å². The van der Waals surface area contributed by atoms with E-state index in [1.807, 2.05) is 18.2 Å². The van der Waals surface area contributed by atoms with Crippen molar-refractivity contribution in [2.24, 2.45) is 0 Å². The topological polar surface area (TPSA) is 40.5 Å². The van der Waals surface area contributed by atoms with E-state index in [1.54, 1.807) is 30.3 Å². The lowest BCUT2D eigenvalue weighted by molar-refractivity contribution is 0.470. The molecule has 2 rings (SSSR count). The Balaban J connectivity index is 2.57. The number of phenols is 2. The van der Waals surface area contributed by atoms with Gasteiger partial charge in [-0.15, -0.1) is 13.2 Å². The molecule has 0 aliphatic carbocycles. The summed E-state index contributed by atoms with van der Waals surface area (Å²) >= 11 is 0. The number of rotatable bonds is 5. The van der Waals surface area contributed by atoms with Crippen LogP contribution in [0.5, 0.6) is 11.5 Å². The Morgan fingerprint density at radius 2 is 1.55 bits per heavy atom. The average Bonchev–Trinajstić information content (AvgIpc) is 2.44. The minimum atomic E-state index is 0.210. The molecule has 0 spiro atoms. The third-order valence-electron chi connectivity index (χ3n) is 3.17. The predicted octanol–water partition coefficient (Wildman–Crippen LogP) is 4.22. The first-order valence-electron chi connectivity index (χ1n) is 6.51. The maximum absolute atomic E-state index is 10.4. The van der Waals surface area contributed by atoms with Crippen molar-refractivity contribution in [2.75, 3.05) is 0 Å². The van der Waals surface area contributed by atoms with E-state index in [0.29, 0.717) is 6.42 Å². The van der Waals surface area contributed by atoms with Crippen LogP contribution >= 0.6 is 0 Å². The number of hydrogen-bond donors (Lipinski definition) is 2. The lowest BCUT2D eigenvalue weighted by Gasteiger charge is -2.12. The molecule has 0 saturated carbocycles. The van der Waals surface area contributed by atoms with Crippen molar-refractivity contribution in [1.29, 1.82) is 0 Å². The molecule has 2 nitrogen and oxygen atoms in total. The molecule has 20 heavy (non-hydrogen) atoms. The summed E-state index contributed by atoms with van der Waals surface area (Å²) in [6.45, 7) is 7.47. The summed E-state index contributed by atoms with van der Waals surface area (Å²) in [7, 11) is 0. The van der Waals surface area contributed by atoms with E-state index in [2.05, 4.69) is 13.2 Å². The molecule has 0 fully saturated rings. The van der Waals surface area contributed by atoms with Crippen molar-refractivity contribution in [1.82, 2.24) is 0 Å². The van der Waals surface area contributed by atoms with Gasteiger partial charge in [-0.2, -0.15) is 0 Å². The minimum absolute atomic E-state index is 0.210. The Bertz CT molecular complexity index is 625. The molecule has 2 aromatic carbocycles. The standard InChI is InChI=1S/C18H18O2/c1-3-5-13-11-15(6-4-2)18(20)17(12-13)14-7-9-16(19)10-8-14/h3-4,7-12,19-20H,1-2,5-6H2. The zero-order chi connectivity index (χ0) is 14.5. The van der Waals surface area contributed by atoms with E-state index >= 15 is 0 Å². The van der Waals surface area contributed by atoms with Crippen molar-refractivity contribution in [3.63, 3.8) is 0 Å². The average molecular weight is 266 g/mol. The normalized spacial score (nSPS) is 10.2. The lowest BCUT2D eigenvalue weighted by Crippen LogP contribution is -1.91. The second kappa shape index (κ2) is 6.11. The summed E-state index contributed by atoms with van der Waals surface area (Å²) in [5, 5.41) is 19.8. The fourth-order valence-corrected chi connectivity index (χ4v) is 2.22. The maximum Gasteiger partial charge on any atom is 0.126 e. The molecular weight excluding hydrogens is 248 g/mol. The second-order valence-corrected chi connectivity index (χ2v) is 4.68. The van der Waals surface area contributed by atoms with Gasteiger partial charge in [0, 0.05) is 5.56 Å². The van der Waals surface area contributed by atoms with Crippen LogP contribution in [0.1, 0.15) is 11.1 Å². The largest absolute Gasteiger partial charge is 0.508 e. The summed E-state index contributed by atoms with van der Waals surface area (Å²) < 4.78 is 0. The van der Waals surface area contributed by atoms with Crippen molar-refractivity contribution in [3.05, 3.63) is 72.8 Å². The van der Waals surface area contributed by atoms with Gasteiger partial charge < -0.3 is 10.2 Å². The highest BCUT2D eigenvalue weighted by molar-refractivity contribution is 5.73. The van der Waals surface area contributed by atoms with Crippen LogP contribution in [-0.2, 0) is 12.8 Å². The molecule has 0 aliphatic heterocycles. The van der Waals surface area contributed by atoms with E-state index < -0.39 is 0 Å². The fourth-order valence-electron chi connectivity index (χ4n) is 2.22. The van der Waals surface area contributed by atoms with E-state index in [-0.39, 0.29) is 11.5 Å². The molecule has 2 N–H and O–H groups in total. The number of hydrogen-bond acceptors (Lipinski definition) is 2. The van der Waals surface area contributed by atoms with Crippen molar-refractivity contribution in [3.8, 4) is 22.6 Å². The van der Waals surface area contributed by atoms with E-state index in [9.17, 15) is 10.2 Å². The van der Waals surface area contributed by atoms with Gasteiger partial charge in [0.05, 0.1) is 0 Å². The van der Waals surface area contributed by atoms with Crippen molar-refractivity contribution in [2.45, 2.75) is 12.8 Å². The highest BCUT2D eigenvalue weighted by Crippen LogP contribution is 2.35. The first-order chi connectivity index (χ1) is 9.65. The number of aromatic hydroxyl groups is 2. The van der Waals surface area contributed by atoms with Gasteiger partial charge in [0.1, 0.15) is 11.5 Å². The molecule has 0 aromatic heterocycles. The van der Waals surface area contributed by atoms with Crippen LogP contribution in [0, 0.1) is 0 Å². The van der Waals surface area contributed by atoms with Gasteiger partial charge >= 0.3 is 0 Å². The molecule has 2 heteroatoms. The van der Waals surface area contributed by atoms with Crippen LogP contribution in [0.15, 0.2) is 61.7 Å². The van der Waals surface area contributed by atoms with E-state index in [0.717, 1.165) is 28.7 Å². The van der Waals surface area contributed by atoms with Crippen molar-refractivity contribution < 1.29 is 10.2 Å². The monoisotopic (exact) mass is 266 g/mol. The lowest BCUT2D eigenvalue weighted by atomic mass is 9.95. The molecule has 0 saturated heterocycles. The summed E-state index contributed by atoms with van der Waals surface area (Å²) in [6, 6.07) is 10.7. The molecule has 0 bridgehead atoms. The Morgan fingerprint density at radius 3 is 2.15 bits per heavy atom. The third-order valence-corrected chi connectivity index (χ3v) is 3.17. The molecule has 0 aliphatic rings. The molecule has 102 valence electrons. The van der Waals surface area contributed by atoms with Crippen LogP contribution in [0.2, 0.25) is 0 Å². The Kier molecular flexibility index (Phi) is 4.26. The summed E-state index contributed by atoms with van der Waals surface area (Å²) in [4.78, 5) is 0. The fraction of sp³-hybridized carbons (Fsp3) is 0.111. The number of benzene rings is 2. The van der Waals surface area contributed by atoms with Gasteiger partial charge in [0.2, 0.25) is 0 Å². The van der Waals surface area contributed by atoms with Gasteiger partial charge in [-0.3, -0.25) is 0 Å². The molecule has 0 amide bonds. The first-order valence-corrected chi connectivity index (χ1v) is 6.51. The molecule has 0 heterocycles. The van der Waals surface area contributed by atoms with Crippen LogP contribution in [0.25, 0.3) is 11.1 Å². The predicted molar refractivity (Wildman–Crippen MR) is 83.0 cm³/mol. The Morgan fingerprint density at radius 1 is 0.900 bits per heavy atom. The highest BCUT2D eigenvalue weighted by Gasteiger charge is 2.10. The van der Waals surface area contributed by atoms with Crippen LogP contribution in [-0.4, -0.2) is 10.2 Å². The van der Waals surface area contributed by atoms with Gasteiger partial charge in [0.15, 0.2) is 0 Å². The molecule has 0 unspecified atom stereocenters.